The molecule has 1 aromatic rings. The largest absolute Gasteiger partial charge is 0.335 e. The molecule has 1 aliphatic rings. The van der Waals surface area contributed by atoms with Crippen molar-refractivity contribution in [1.82, 2.24) is 9.88 Å². The molecule has 2 heterocycles. The normalized spacial score (nSPS) is 20.6. The molecular formula is C14H19BrN2O. The summed E-state index contributed by atoms with van der Waals surface area (Å²) in [6, 6.07) is 4.03. The maximum absolute atomic E-state index is 12.6. The lowest BCUT2D eigenvalue weighted by molar-refractivity contribution is 0.0701. The summed E-state index contributed by atoms with van der Waals surface area (Å²) in [6.45, 7) is 2.76. The third-order valence-electron chi connectivity index (χ3n) is 3.55. The van der Waals surface area contributed by atoms with Crippen LogP contribution in [-0.2, 0) is 0 Å². The number of likely N-dealkylation sites (tertiary alicyclic amines) is 1. The standard InChI is InChI=1S/C14H19BrN2O/c1-11-13(7-5-8-16-11)14(18)17-9-4-2-3-6-12(17)10-15/h5,7-8,12H,2-4,6,9-10H2,1H3. The molecule has 0 aliphatic carbocycles. The summed E-state index contributed by atoms with van der Waals surface area (Å²) in [5.41, 5.74) is 1.56. The number of aromatic nitrogens is 1. The Labute approximate surface area is 117 Å². The average molecular weight is 311 g/mol. The summed E-state index contributed by atoms with van der Waals surface area (Å²) in [4.78, 5) is 18.8. The zero-order valence-electron chi connectivity index (χ0n) is 10.7. The molecule has 18 heavy (non-hydrogen) atoms. The summed E-state index contributed by atoms with van der Waals surface area (Å²) in [5.74, 6) is 0.131. The van der Waals surface area contributed by atoms with E-state index in [0.717, 1.165) is 36.0 Å². The van der Waals surface area contributed by atoms with Gasteiger partial charge >= 0.3 is 0 Å². The van der Waals surface area contributed by atoms with E-state index in [1.165, 1.54) is 12.8 Å². The predicted molar refractivity (Wildman–Crippen MR) is 76.1 cm³/mol. The summed E-state index contributed by atoms with van der Waals surface area (Å²) in [6.07, 6.45) is 6.37. The van der Waals surface area contributed by atoms with Crippen LogP contribution in [0.3, 0.4) is 0 Å². The van der Waals surface area contributed by atoms with Crippen LogP contribution in [-0.4, -0.2) is 33.7 Å². The van der Waals surface area contributed by atoms with E-state index in [-0.39, 0.29) is 5.91 Å². The lowest BCUT2D eigenvalue weighted by Gasteiger charge is -2.29. The Morgan fingerprint density at radius 3 is 3.06 bits per heavy atom. The molecule has 2 rings (SSSR count). The molecule has 3 nitrogen and oxygen atoms in total. The van der Waals surface area contributed by atoms with Crippen LogP contribution >= 0.6 is 15.9 Å². The van der Waals surface area contributed by atoms with Crippen LogP contribution in [0.25, 0.3) is 0 Å². The smallest absolute Gasteiger partial charge is 0.255 e. The van der Waals surface area contributed by atoms with Crippen LogP contribution in [0.5, 0.6) is 0 Å². The first-order chi connectivity index (χ1) is 8.74. The third-order valence-corrected chi connectivity index (χ3v) is 4.30. The molecule has 98 valence electrons. The fraction of sp³-hybridized carbons (Fsp3) is 0.571. The van der Waals surface area contributed by atoms with Crippen molar-refractivity contribution >= 4 is 21.8 Å². The van der Waals surface area contributed by atoms with Gasteiger partial charge in [-0.3, -0.25) is 9.78 Å². The van der Waals surface area contributed by atoms with Crippen molar-refractivity contribution in [2.75, 3.05) is 11.9 Å². The van der Waals surface area contributed by atoms with Crippen LogP contribution in [0.1, 0.15) is 41.7 Å². The molecule has 0 radical (unpaired) electrons. The second-order valence-corrected chi connectivity index (χ2v) is 5.44. The first kappa shape index (κ1) is 13.5. The van der Waals surface area contributed by atoms with Crippen LogP contribution in [0.4, 0.5) is 0 Å². The Hall–Kier alpha value is -0.900. The summed E-state index contributed by atoms with van der Waals surface area (Å²) in [5, 5.41) is 0.859. The molecule has 0 bridgehead atoms. The second-order valence-electron chi connectivity index (χ2n) is 4.79. The van der Waals surface area contributed by atoms with Gasteiger partial charge in [0, 0.05) is 29.8 Å². The number of carbonyl (C=O) groups is 1. The highest BCUT2D eigenvalue weighted by molar-refractivity contribution is 9.09. The molecule has 0 saturated carbocycles. The van der Waals surface area contributed by atoms with E-state index < -0.39 is 0 Å². The molecule has 4 heteroatoms. The van der Waals surface area contributed by atoms with Gasteiger partial charge in [-0.1, -0.05) is 28.8 Å². The zero-order chi connectivity index (χ0) is 13.0. The van der Waals surface area contributed by atoms with Crippen molar-refractivity contribution in [2.45, 2.75) is 38.6 Å². The molecule has 1 atom stereocenters. The van der Waals surface area contributed by atoms with E-state index in [1.54, 1.807) is 6.20 Å². The van der Waals surface area contributed by atoms with E-state index in [0.29, 0.717) is 6.04 Å². The number of nitrogens with zero attached hydrogens (tertiary/aromatic N) is 2. The Bertz CT molecular complexity index is 422. The molecule has 1 saturated heterocycles. The number of hydrogen-bond donors (Lipinski definition) is 0. The number of rotatable bonds is 2. The maximum Gasteiger partial charge on any atom is 0.255 e. The van der Waals surface area contributed by atoms with Crippen molar-refractivity contribution in [3.63, 3.8) is 0 Å². The minimum Gasteiger partial charge on any atom is -0.335 e. The molecule has 1 amide bonds. The summed E-state index contributed by atoms with van der Waals surface area (Å²) < 4.78 is 0. The van der Waals surface area contributed by atoms with Crippen LogP contribution in [0, 0.1) is 6.92 Å². The quantitative estimate of drug-likeness (QED) is 0.786. The number of halogens is 1. The maximum atomic E-state index is 12.6. The predicted octanol–water partition coefficient (Wildman–Crippen LogP) is 3.17. The first-order valence-electron chi connectivity index (χ1n) is 6.52. The van der Waals surface area contributed by atoms with Crippen molar-refractivity contribution in [3.8, 4) is 0 Å². The average Bonchev–Trinajstić information content (AvgIpc) is 2.63. The van der Waals surface area contributed by atoms with E-state index in [2.05, 4.69) is 20.9 Å². The second kappa shape index (κ2) is 6.32. The van der Waals surface area contributed by atoms with E-state index in [9.17, 15) is 4.79 Å². The monoisotopic (exact) mass is 310 g/mol. The Balaban J connectivity index is 2.23. The highest BCUT2D eigenvalue weighted by Crippen LogP contribution is 2.21. The molecule has 1 aliphatic heterocycles. The van der Waals surface area contributed by atoms with Crippen LogP contribution < -0.4 is 0 Å². The summed E-state index contributed by atoms with van der Waals surface area (Å²) >= 11 is 3.54. The molecule has 1 aromatic heterocycles. The van der Waals surface area contributed by atoms with Gasteiger partial charge in [0.2, 0.25) is 0 Å². The highest BCUT2D eigenvalue weighted by atomic mass is 79.9. The van der Waals surface area contributed by atoms with Gasteiger partial charge in [-0.25, -0.2) is 0 Å². The Kier molecular flexibility index (Phi) is 4.75. The van der Waals surface area contributed by atoms with Crippen LogP contribution in [0.2, 0.25) is 0 Å². The molecule has 0 spiro atoms. The minimum atomic E-state index is 0.131. The minimum absolute atomic E-state index is 0.131. The number of pyridine rings is 1. The first-order valence-corrected chi connectivity index (χ1v) is 7.64. The molecular weight excluding hydrogens is 292 g/mol. The highest BCUT2D eigenvalue weighted by Gasteiger charge is 2.26. The Morgan fingerprint density at radius 1 is 1.50 bits per heavy atom. The van der Waals surface area contributed by atoms with Crippen LogP contribution in [0.15, 0.2) is 18.3 Å². The molecule has 1 unspecified atom stereocenters. The zero-order valence-corrected chi connectivity index (χ0v) is 12.3. The van der Waals surface area contributed by atoms with E-state index >= 15 is 0 Å². The molecule has 1 fully saturated rings. The van der Waals surface area contributed by atoms with Crippen molar-refractivity contribution in [2.24, 2.45) is 0 Å². The number of hydrogen-bond acceptors (Lipinski definition) is 2. The fourth-order valence-corrected chi connectivity index (χ4v) is 3.14. The number of carbonyl (C=O) groups excluding carboxylic acids is 1. The van der Waals surface area contributed by atoms with Gasteiger partial charge in [0.15, 0.2) is 0 Å². The number of alkyl halides is 1. The van der Waals surface area contributed by atoms with Gasteiger partial charge < -0.3 is 4.90 Å². The Morgan fingerprint density at radius 2 is 2.33 bits per heavy atom. The fourth-order valence-electron chi connectivity index (χ4n) is 2.47. The number of amides is 1. The van der Waals surface area contributed by atoms with E-state index in [4.69, 9.17) is 0 Å². The van der Waals surface area contributed by atoms with Crippen molar-refractivity contribution in [1.29, 1.82) is 0 Å². The number of aryl methyl sites for hydroxylation is 1. The van der Waals surface area contributed by atoms with Gasteiger partial charge in [0.25, 0.3) is 5.91 Å². The van der Waals surface area contributed by atoms with Gasteiger partial charge in [0.1, 0.15) is 0 Å². The molecule has 0 aromatic carbocycles. The third kappa shape index (κ3) is 2.91. The van der Waals surface area contributed by atoms with E-state index in [1.807, 2.05) is 24.0 Å². The lowest BCUT2D eigenvalue weighted by atomic mass is 10.1. The van der Waals surface area contributed by atoms with Gasteiger partial charge in [-0.2, -0.15) is 0 Å². The van der Waals surface area contributed by atoms with Gasteiger partial charge in [0.05, 0.1) is 5.56 Å². The van der Waals surface area contributed by atoms with Gasteiger partial charge in [-0.15, -0.1) is 0 Å². The van der Waals surface area contributed by atoms with Crippen molar-refractivity contribution < 1.29 is 4.79 Å². The lowest BCUT2D eigenvalue weighted by Crippen LogP contribution is -2.41. The summed E-state index contributed by atoms with van der Waals surface area (Å²) in [7, 11) is 0. The van der Waals surface area contributed by atoms with Gasteiger partial charge in [-0.05, 0) is 31.9 Å². The van der Waals surface area contributed by atoms with Crippen molar-refractivity contribution in [3.05, 3.63) is 29.6 Å². The topological polar surface area (TPSA) is 33.2 Å². The SMILES string of the molecule is Cc1ncccc1C(=O)N1CCCCCC1CBr. The molecule has 0 N–H and O–H groups in total.